The van der Waals surface area contributed by atoms with E-state index in [1.54, 1.807) is 6.92 Å². The van der Waals surface area contributed by atoms with Crippen LogP contribution in [0, 0.1) is 29.6 Å². The third kappa shape index (κ3) is 6.81. The van der Waals surface area contributed by atoms with Gasteiger partial charge in [-0.3, -0.25) is 0 Å². The highest BCUT2D eigenvalue weighted by Gasteiger charge is 2.50. The molecule has 0 radical (unpaired) electrons. The molecule has 2 heterocycles. The minimum Gasteiger partial charge on any atom is -0.388 e. The summed E-state index contributed by atoms with van der Waals surface area (Å²) in [6.07, 6.45) is 2.42. The number of rotatable bonds is 10. The van der Waals surface area contributed by atoms with Crippen molar-refractivity contribution >= 4 is 0 Å². The molecule has 0 aromatic carbocycles. The summed E-state index contributed by atoms with van der Waals surface area (Å²) in [6.45, 7) is 12.9. The van der Waals surface area contributed by atoms with E-state index < -0.39 is 36.3 Å². The highest BCUT2D eigenvalue weighted by atomic mass is 16.7. The summed E-state index contributed by atoms with van der Waals surface area (Å²) in [5.41, 5.74) is 4.68. The van der Waals surface area contributed by atoms with E-state index in [1.165, 1.54) is 0 Å². The number of aliphatic hydroxyl groups is 3. The van der Waals surface area contributed by atoms with Crippen LogP contribution in [-0.2, 0) is 18.9 Å². The lowest BCUT2D eigenvalue weighted by Crippen LogP contribution is -2.60. The molecular weight excluding hydrogens is 462 g/mol. The largest absolute Gasteiger partial charge is 0.388 e. The number of nitrogens with two attached hydrogens (primary N) is 1. The van der Waals surface area contributed by atoms with Crippen molar-refractivity contribution in [1.29, 1.82) is 0 Å². The highest BCUT2D eigenvalue weighted by Crippen LogP contribution is 2.40. The van der Waals surface area contributed by atoms with E-state index >= 15 is 0 Å². The smallest absolute Gasteiger partial charge is 0.184 e. The molecule has 8 heteroatoms. The molecule has 2 saturated heterocycles. The molecule has 1 saturated carbocycles. The van der Waals surface area contributed by atoms with E-state index in [0.717, 1.165) is 38.5 Å². The minimum atomic E-state index is -1.12. The van der Waals surface area contributed by atoms with Gasteiger partial charge in [0.15, 0.2) is 12.6 Å². The SMILES string of the molecule is CCC(C)[C@@H]1CC[C@@H](CCCN)C(OC2[C@H](O)C(OC3OC[C@](C)(O)[C@H](CC)[C@H]3O)[C@H](C)C[C@@H]2C)O1. The monoisotopic (exact) mass is 515 g/mol. The molecule has 8 nitrogen and oxygen atoms in total. The number of hydrogen-bond acceptors (Lipinski definition) is 8. The molecular formula is C28H53NO7. The normalized spacial score (nSPS) is 47.0. The zero-order valence-electron chi connectivity index (χ0n) is 23.3. The van der Waals surface area contributed by atoms with Crippen LogP contribution in [-0.4, -0.2) is 77.2 Å². The lowest BCUT2D eigenvalue weighted by atomic mass is 9.76. The molecule has 13 atom stereocenters. The first-order valence-corrected chi connectivity index (χ1v) is 14.4. The van der Waals surface area contributed by atoms with Crippen LogP contribution in [0.15, 0.2) is 0 Å². The van der Waals surface area contributed by atoms with Gasteiger partial charge in [0.25, 0.3) is 0 Å². The van der Waals surface area contributed by atoms with Crippen LogP contribution in [0.2, 0.25) is 0 Å². The van der Waals surface area contributed by atoms with E-state index in [9.17, 15) is 15.3 Å². The van der Waals surface area contributed by atoms with Crippen molar-refractivity contribution in [2.24, 2.45) is 35.3 Å². The first kappa shape index (κ1) is 30.2. The molecule has 5 unspecified atom stereocenters. The number of ether oxygens (including phenoxy) is 4. The lowest BCUT2D eigenvalue weighted by molar-refractivity contribution is -0.325. The van der Waals surface area contributed by atoms with Crippen LogP contribution < -0.4 is 5.73 Å². The van der Waals surface area contributed by atoms with Crippen LogP contribution in [0.1, 0.15) is 86.5 Å². The molecule has 0 aromatic rings. The number of aliphatic hydroxyl groups excluding tert-OH is 2. The van der Waals surface area contributed by atoms with Gasteiger partial charge in [-0.05, 0) is 69.7 Å². The summed E-state index contributed by atoms with van der Waals surface area (Å²) in [4.78, 5) is 0. The predicted octanol–water partition coefficient (Wildman–Crippen LogP) is 3.19. The minimum absolute atomic E-state index is 0.0568. The van der Waals surface area contributed by atoms with Crippen molar-refractivity contribution < 1.29 is 34.3 Å². The van der Waals surface area contributed by atoms with Gasteiger partial charge in [0.05, 0.1) is 30.5 Å². The Hall–Kier alpha value is -0.320. The van der Waals surface area contributed by atoms with Gasteiger partial charge in [-0.25, -0.2) is 0 Å². The van der Waals surface area contributed by atoms with Gasteiger partial charge in [0, 0.05) is 11.8 Å². The average Bonchev–Trinajstić information content (AvgIpc) is 2.84. The van der Waals surface area contributed by atoms with Gasteiger partial charge in [-0.2, -0.15) is 0 Å². The van der Waals surface area contributed by atoms with Gasteiger partial charge in [-0.15, -0.1) is 0 Å². The Morgan fingerprint density at radius 2 is 1.67 bits per heavy atom. The van der Waals surface area contributed by atoms with Crippen LogP contribution in [0.3, 0.4) is 0 Å². The Morgan fingerprint density at radius 1 is 1.03 bits per heavy atom. The van der Waals surface area contributed by atoms with E-state index in [0.29, 0.717) is 18.9 Å². The molecule has 0 aromatic heterocycles. The molecule has 212 valence electrons. The first-order valence-electron chi connectivity index (χ1n) is 14.4. The first-order chi connectivity index (χ1) is 17.0. The van der Waals surface area contributed by atoms with Gasteiger partial charge in [0.1, 0.15) is 12.2 Å². The third-order valence-corrected chi connectivity index (χ3v) is 9.16. The van der Waals surface area contributed by atoms with Gasteiger partial charge in [0.2, 0.25) is 0 Å². The topological polar surface area (TPSA) is 124 Å². The standard InChI is InChI=1S/C28H53NO7/c1-7-16(3)21-12-11-19(10-9-13-29)26(34-21)35-24-17(4)14-18(5)25(23(24)31)36-27-22(30)20(8-2)28(6,32)15-33-27/h16-27,30-32H,7-15,29H2,1-6H3/t16?,17-,18+,19+,20+,21-,22+,23-,24?,25?,26?,27?,28-/m0/s1. The summed E-state index contributed by atoms with van der Waals surface area (Å²) in [5.74, 6) is 0.517. The maximum atomic E-state index is 11.5. The van der Waals surface area contributed by atoms with E-state index in [4.69, 9.17) is 24.7 Å². The van der Waals surface area contributed by atoms with E-state index in [1.807, 2.05) is 6.92 Å². The average molecular weight is 516 g/mol. The maximum Gasteiger partial charge on any atom is 0.184 e. The highest BCUT2D eigenvalue weighted by molar-refractivity contribution is 4.96. The van der Waals surface area contributed by atoms with Crippen molar-refractivity contribution in [1.82, 2.24) is 0 Å². The molecule has 3 rings (SSSR count). The zero-order chi connectivity index (χ0) is 26.6. The summed E-state index contributed by atoms with van der Waals surface area (Å²) >= 11 is 0. The molecule has 36 heavy (non-hydrogen) atoms. The van der Waals surface area contributed by atoms with Crippen LogP contribution in [0.25, 0.3) is 0 Å². The van der Waals surface area contributed by atoms with Gasteiger partial charge >= 0.3 is 0 Å². The second kappa shape index (κ2) is 13.2. The van der Waals surface area contributed by atoms with E-state index in [2.05, 4.69) is 27.7 Å². The Morgan fingerprint density at radius 3 is 2.25 bits per heavy atom. The number of hydrogen-bond donors (Lipinski definition) is 4. The quantitative estimate of drug-likeness (QED) is 0.350. The van der Waals surface area contributed by atoms with Gasteiger partial charge < -0.3 is 40.0 Å². The van der Waals surface area contributed by atoms with Crippen molar-refractivity contribution in [2.45, 2.75) is 135 Å². The van der Waals surface area contributed by atoms with Crippen molar-refractivity contribution in [3.8, 4) is 0 Å². The fourth-order valence-electron chi connectivity index (χ4n) is 6.62. The Bertz CT molecular complexity index is 664. The zero-order valence-corrected chi connectivity index (χ0v) is 23.3. The van der Waals surface area contributed by atoms with E-state index in [-0.39, 0.29) is 42.7 Å². The van der Waals surface area contributed by atoms with Crippen molar-refractivity contribution in [3.63, 3.8) is 0 Å². The van der Waals surface area contributed by atoms with Crippen LogP contribution >= 0.6 is 0 Å². The second-order valence-corrected chi connectivity index (χ2v) is 12.1. The molecule has 5 N–H and O–H groups in total. The summed E-state index contributed by atoms with van der Waals surface area (Å²) in [7, 11) is 0. The molecule has 2 aliphatic heterocycles. The lowest BCUT2D eigenvalue weighted by Gasteiger charge is -2.49. The predicted molar refractivity (Wildman–Crippen MR) is 138 cm³/mol. The molecule has 0 amide bonds. The third-order valence-electron chi connectivity index (χ3n) is 9.16. The molecule has 1 aliphatic carbocycles. The van der Waals surface area contributed by atoms with Crippen LogP contribution in [0.5, 0.6) is 0 Å². The van der Waals surface area contributed by atoms with Crippen LogP contribution in [0.4, 0.5) is 0 Å². The molecule has 3 fully saturated rings. The maximum absolute atomic E-state index is 11.5. The summed E-state index contributed by atoms with van der Waals surface area (Å²) < 4.78 is 25.2. The summed E-state index contributed by atoms with van der Waals surface area (Å²) in [5, 5.41) is 33.1. The second-order valence-electron chi connectivity index (χ2n) is 12.1. The Balaban J connectivity index is 1.72. The van der Waals surface area contributed by atoms with Gasteiger partial charge in [-0.1, -0.05) is 41.0 Å². The fourth-order valence-corrected chi connectivity index (χ4v) is 6.62. The Kier molecular flexibility index (Phi) is 11.0. The fraction of sp³-hybridized carbons (Fsp3) is 1.00. The summed E-state index contributed by atoms with van der Waals surface area (Å²) in [6, 6.07) is 0. The van der Waals surface area contributed by atoms with Crippen molar-refractivity contribution in [3.05, 3.63) is 0 Å². The molecule has 0 spiro atoms. The molecule has 3 aliphatic rings. The molecule has 0 bridgehead atoms. The Labute approximate surface area is 218 Å². The van der Waals surface area contributed by atoms with Crippen molar-refractivity contribution in [2.75, 3.05) is 13.2 Å².